The lowest BCUT2D eigenvalue weighted by Gasteiger charge is -2.31. The number of rotatable bonds is 5. The molecule has 0 spiro atoms. The van der Waals surface area contributed by atoms with Crippen molar-refractivity contribution in [1.29, 1.82) is 0 Å². The highest BCUT2D eigenvalue weighted by atomic mass is 15.0. The molecule has 0 amide bonds. The quantitative estimate of drug-likeness (QED) is 0.155. The summed E-state index contributed by atoms with van der Waals surface area (Å²) in [6.45, 7) is -0.0934. The Labute approximate surface area is 338 Å². The maximum Gasteiger partial charge on any atom is 0.248 e. The van der Waals surface area contributed by atoms with E-state index in [2.05, 4.69) is 223 Å². The Kier molecular flexibility index (Phi) is 7.40. The van der Waals surface area contributed by atoms with E-state index in [1.807, 2.05) is 0 Å². The Morgan fingerprint density at radius 1 is 0.328 bits per heavy atom. The Hall–Kier alpha value is -7.42. The molecule has 268 valence electrons. The predicted molar refractivity (Wildman–Crippen MR) is 249 cm³/mol. The molecule has 0 unspecified atom stereocenters. The molecule has 1 aliphatic rings. The molecule has 11 aromatic rings. The largest absolute Gasteiger partial charge is 0.310 e. The molecule has 0 saturated heterocycles. The highest BCUT2D eigenvalue weighted by molar-refractivity contribution is 6.99. The second-order valence-corrected chi connectivity index (χ2v) is 15.6. The van der Waals surface area contributed by atoms with Crippen molar-refractivity contribution in [2.24, 2.45) is 0 Å². The summed E-state index contributed by atoms with van der Waals surface area (Å²) in [4.78, 5) is 0. The van der Waals surface area contributed by atoms with Gasteiger partial charge in [-0.15, -0.1) is 0 Å². The van der Waals surface area contributed by atoms with Crippen LogP contribution in [0.15, 0.2) is 218 Å². The zero-order chi connectivity index (χ0) is 38.2. The molecule has 58 heavy (non-hydrogen) atoms. The van der Waals surface area contributed by atoms with Crippen LogP contribution in [0.3, 0.4) is 0 Å². The molecule has 0 atom stereocenters. The van der Waals surface area contributed by atoms with Crippen molar-refractivity contribution in [3.05, 3.63) is 218 Å². The molecule has 2 heterocycles. The van der Waals surface area contributed by atoms with E-state index in [0.717, 1.165) is 0 Å². The number of nitrogens with zero attached hydrogens (tertiary/aromatic N) is 1. The van der Waals surface area contributed by atoms with E-state index in [4.69, 9.17) is 0 Å². The summed E-state index contributed by atoms with van der Waals surface area (Å²) in [5.74, 6) is 0. The lowest BCUT2D eigenvalue weighted by atomic mass is 9.33. The highest BCUT2D eigenvalue weighted by Crippen LogP contribution is 2.42. The normalized spacial score (nSPS) is 12.1. The monoisotopic (exact) mass is 733 g/mol. The van der Waals surface area contributed by atoms with Crippen molar-refractivity contribution >= 4 is 66.5 Å². The van der Waals surface area contributed by atoms with Gasteiger partial charge in [-0.2, -0.15) is 0 Å². The first-order valence-electron chi connectivity index (χ1n) is 20.2. The Morgan fingerprint density at radius 3 is 1.47 bits per heavy atom. The molecule has 0 radical (unpaired) electrons. The fraction of sp³-hybridized carbons (Fsp3) is 0. The van der Waals surface area contributed by atoms with Crippen LogP contribution in [0.2, 0.25) is 0 Å². The fourth-order valence-corrected chi connectivity index (χ4v) is 9.90. The summed E-state index contributed by atoms with van der Waals surface area (Å²) >= 11 is 0. The van der Waals surface area contributed by atoms with Crippen molar-refractivity contribution < 1.29 is 0 Å². The molecule has 2 heteroatoms. The molecular weight excluding hydrogens is 697 g/mol. The summed E-state index contributed by atoms with van der Waals surface area (Å²) in [6, 6.07) is 81.0. The first-order valence-corrected chi connectivity index (χ1v) is 20.2. The molecule has 1 nitrogen and oxygen atoms in total. The number of aromatic nitrogens is 1. The van der Waals surface area contributed by atoms with E-state index in [-0.39, 0.29) is 6.71 Å². The average molecular weight is 734 g/mol. The van der Waals surface area contributed by atoms with Crippen LogP contribution in [0, 0.1) is 0 Å². The standard InChI is InChI=1S/C56H36BN/c1-5-17-37(18-6-1)42-30-31-51-49(35-42)57(50-36-43-26-14-16-28-46(43)54-53-45-27-15-13-25-41(45)29-32-52(53)58(51)56(50)54)55-47(39-21-9-3-10-22-39)33-44(38-19-7-2-8-20-38)34-48(55)40-23-11-4-12-24-40/h1-36H. The molecule has 1 aromatic heterocycles. The molecule has 0 aliphatic carbocycles. The van der Waals surface area contributed by atoms with Crippen LogP contribution in [-0.2, 0) is 0 Å². The average Bonchev–Trinajstić information content (AvgIpc) is 3.67. The Balaban J connectivity index is 1.30. The van der Waals surface area contributed by atoms with Crippen LogP contribution >= 0.6 is 0 Å². The predicted octanol–water partition coefficient (Wildman–Crippen LogP) is 12.6. The number of fused-ring (bicyclic) bond motifs is 9. The van der Waals surface area contributed by atoms with Crippen LogP contribution in [0.1, 0.15) is 0 Å². The van der Waals surface area contributed by atoms with Crippen molar-refractivity contribution in [2.45, 2.75) is 0 Å². The maximum absolute atomic E-state index is 2.59. The third-order valence-corrected chi connectivity index (χ3v) is 12.4. The summed E-state index contributed by atoms with van der Waals surface area (Å²) < 4.78 is 2.59. The zero-order valence-electron chi connectivity index (χ0n) is 31.8. The van der Waals surface area contributed by atoms with E-state index < -0.39 is 0 Å². The summed E-state index contributed by atoms with van der Waals surface area (Å²) in [5, 5.41) is 7.73. The summed E-state index contributed by atoms with van der Waals surface area (Å²) in [5.41, 5.74) is 17.5. The minimum Gasteiger partial charge on any atom is -0.310 e. The van der Waals surface area contributed by atoms with Gasteiger partial charge in [-0.25, -0.2) is 0 Å². The maximum atomic E-state index is 2.59. The zero-order valence-corrected chi connectivity index (χ0v) is 31.8. The minimum atomic E-state index is -0.0934. The van der Waals surface area contributed by atoms with Gasteiger partial charge < -0.3 is 4.57 Å². The van der Waals surface area contributed by atoms with Crippen molar-refractivity contribution in [3.63, 3.8) is 0 Å². The SMILES string of the molecule is c1ccc(-c2ccc3c(c2)B(c2c(-c4ccccc4)cc(-c4ccccc4)cc2-c2ccccc2)c2cc4ccccc4c4c5c6ccccc6ccc5n-3c24)cc1. The van der Waals surface area contributed by atoms with Gasteiger partial charge in [0.1, 0.15) is 0 Å². The second kappa shape index (κ2) is 13.1. The minimum absolute atomic E-state index is 0.0934. The molecule has 0 saturated carbocycles. The highest BCUT2D eigenvalue weighted by Gasteiger charge is 2.38. The topological polar surface area (TPSA) is 4.93 Å². The third-order valence-electron chi connectivity index (χ3n) is 12.4. The number of hydrogen-bond acceptors (Lipinski definition) is 0. The van der Waals surface area contributed by atoms with Crippen LogP contribution in [-0.4, -0.2) is 11.3 Å². The second-order valence-electron chi connectivity index (χ2n) is 15.6. The third kappa shape index (κ3) is 4.98. The summed E-state index contributed by atoms with van der Waals surface area (Å²) in [6.07, 6.45) is 0. The van der Waals surface area contributed by atoms with Crippen molar-refractivity contribution in [3.8, 4) is 50.2 Å². The first-order chi connectivity index (χ1) is 28.8. The van der Waals surface area contributed by atoms with E-state index in [0.29, 0.717) is 0 Å². The van der Waals surface area contributed by atoms with Gasteiger partial charge in [0.15, 0.2) is 0 Å². The molecule has 10 aromatic carbocycles. The van der Waals surface area contributed by atoms with E-state index in [9.17, 15) is 0 Å². The van der Waals surface area contributed by atoms with Gasteiger partial charge in [-0.05, 0) is 101 Å². The Morgan fingerprint density at radius 2 is 0.845 bits per heavy atom. The van der Waals surface area contributed by atoms with E-state index in [1.54, 1.807) is 0 Å². The van der Waals surface area contributed by atoms with Gasteiger partial charge >= 0.3 is 0 Å². The van der Waals surface area contributed by atoms with Crippen LogP contribution < -0.4 is 16.4 Å². The van der Waals surface area contributed by atoms with Crippen molar-refractivity contribution in [1.82, 2.24) is 4.57 Å². The molecular formula is C56H36BN. The smallest absolute Gasteiger partial charge is 0.248 e. The molecule has 1 aliphatic heterocycles. The van der Waals surface area contributed by atoms with E-state index >= 15 is 0 Å². The lowest BCUT2D eigenvalue weighted by molar-refractivity contribution is 1.19. The van der Waals surface area contributed by atoms with Crippen molar-refractivity contribution in [2.75, 3.05) is 0 Å². The number of benzene rings is 10. The first kappa shape index (κ1) is 32.8. The van der Waals surface area contributed by atoms with Crippen LogP contribution in [0.4, 0.5) is 0 Å². The van der Waals surface area contributed by atoms with Gasteiger partial charge in [0.25, 0.3) is 0 Å². The van der Waals surface area contributed by atoms with E-state index in [1.165, 1.54) is 110 Å². The number of hydrogen-bond donors (Lipinski definition) is 0. The van der Waals surface area contributed by atoms with Gasteiger partial charge in [-0.3, -0.25) is 0 Å². The molecule has 0 N–H and O–H groups in total. The van der Waals surface area contributed by atoms with Gasteiger partial charge in [0.05, 0.1) is 11.0 Å². The van der Waals surface area contributed by atoms with Gasteiger partial charge in [0.2, 0.25) is 6.71 Å². The lowest BCUT2D eigenvalue weighted by Crippen LogP contribution is -2.57. The van der Waals surface area contributed by atoms with Crippen LogP contribution in [0.5, 0.6) is 0 Å². The molecule has 0 fully saturated rings. The van der Waals surface area contributed by atoms with Crippen LogP contribution in [0.25, 0.3) is 93.5 Å². The molecule has 0 bridgehead atoms. The van der Waals surface area contributed by atoms with Gasteiger partial charge in [-0.1, -0.05) is 200 Å². The summed E-state index contributed by atoms with van der Waals surface area (Å²) in [7, 11) is 0. The Bertz CT molecular complexity index is 3310. The molecule has 12 rings (SSSR count). The fourth-order valence-electron chi connectivity index (χ4n) is 9.90. The van der Waals surface area contributed by atoms with Gasteiger partial charge in [0, 0.05) is 16.5 Å².